The van der Waals surface area contributed by atoms with E-state index in [0.29, 0.717) is 51.4 Å². The third kappa shape index (κ3) is 7.03. The molecule has 2 aromatic heterocycles. The summed E-state index contributed by atoms with van der Waals surface area (Å²) in [6.07, 6.45) is 7.07. The number of fused-ring (bicyclic) bond motifs is 3. The number of amides is 3. The van der Waals surface area contributed by atoms with Crippen LogP contribution in [0.2, 0.25) is 0 Å². The van der Waals surface area contributed by atoms with Crippen LogP contribution in [0.15, 0.2) is 85.1 Å². The molecule has 4 N–H and O–H groups in total. The molecule has 2 aliphatic heterocycles. The van der Waals surface area contributed by atoms with Crippen LogP contribution in [0.1, 0.15) is 86.6 Å². The van der Waals surface area contributed by atoms with E-state index in [-0.39, 0.29) is 17.7 Å². The van der Waals surface area contributed by atoms with Gasteiger partial charge < -0.3 is 26.2 Å². The number of benzene rings is 3. The lowest BCUT2D eigenvalue weighted by molar-refractivity contribution is 0.0985. The lowest BCUT2D eigenvalue weighted by Gasteiger charge is -2.51. The zero-order chi connectivity index (χ0) is 37.3. The van der Waals surface area contributed by atoms with Crippen LogP contribution in [-0.2, 0) is 6.42 Å². The van der Waals surface area contributed by atoms with Crippen molar-refractivity contribution in [3.63, 3.8) is 0 Å². The monoisotopic (exact) mass is 726 g/mol. The van der Waals surface area contributed by atoms with Crippen molar-refractivity contribution in [3.8, 4) is 10.4 Å². The van der Waals surface area contributed by atoms with Gasteiger partial charge in [0, 0.05) is 52.9 Å². The van der Waals surface area contributed by atoms with Crippen LogP contribution >= 0.6 is 11.3 Å². The summed E-state index contributed by atoms with van der Waals surface area (Å²) >= 11 is 1.44. The van der Waals surface area contributed by atoms with Crippen molar-refractivity contribution in [1.82, 2.24) is 4.98 Å². The molecule has 10 heteroatoms. The number of nitrogens with zero attached hydrogens (tertiary/aromatic N) is 3. The summed E-state index contributed by atoms with van der Waals surface area (Å²) in [4.78, 5) is 51.6. The van der Waals surface area contributed by atoms with Crippen LogP contribution < -0.4 is 26.2 Å². The topological polar surface area (TPSA) is 121 Å². The van der Waals surface area contributed by atoms with E-state index in [1.165, 1.54) is 24.2 Å². The fraction of sp³-hybridized carbons (Fsp3) is 0.302. The van der Waals surface area contributed by atoms with E-state index in [1.54, 1.807) is 36.4 Å². The van der Waals surface area contributed by atoms with Crippen LogP contribution in [0.25, 0.3) is 10.4 Å². The summed E-state index contributed by atoms with van der Waals surface area (Å²) in [6, 6.07) is 24.0. The molecule has 5 aromatic rings. The highest BCUT2D eigenvalue weighted by Crippen LogP contribution is 2.45. The second-order valence-corrected chi connectivity index (χ2v) is 15.4. The number of carbonyl (C=O) groups excluding carboxylic acids is 3. The number of para-hydroxylation sites is 3. The number of aryl methyl sites for hydroxylation is 1. The first-order chi connectivity index (χ1) is 25.6. The van der Waals surface area contributed by atoms with Crippen LogP contribution in [-0.4, -0.2) is 42.3 Å². The van der Waals surface area contributed by atoms with Crippen LogP contribution in [0.4, 0.5) is 28.6 Å². The highest BCUT2D eigenvalue weighted by molar-refractivity contribution is 7.18. The maximum atomic E-state index is 14.1. The standard InChI is InChI=1S/C43H46N6O3S/c1-5-20-43(21-6-2)25-48(26-43)39-33(23-27(3)24-45-39)40(50)46-30-17-15-29(16-18-30)42(52)49-22-19-31-28(4)37(41(51)47-35-13-9-8-12-34(35)44)53-38(31)32-11-7-10-14-36(32)49/h7-18,23-24H,5-6,19-22,25-26,44H2,1-4H3,(H,46,50)(H,47,51). The van der Waals surface area contributed by atoms with Gasteiger partial charge in [0.2, 0.25) is 0 Å². The lowest BCUT2D eigenvalue weighted by Crippen LogP contribution is -2.57. The Morgan fingerprint density at radius 1 is 0.887 bits per heavy atom. The predicted molar refractivity (Wildman–Crippen MR) is 217 cm³/mol. The highest BCUT2D eigenvalue weighted by atomic mass is 32.1. The summed E-state index contributed by atoms with van der Waals surface area (Å²) in [5.41, 5.74) is 13.7. The molecule has 9 nitrogen and oxygen atoms in total. The fourth-order valence-corrected chi connectivity index (χ4v) is 9.26. The molecule has 0 aliphatic carbocycles. The number of aromatic nitrogens is 1. The van der Waals surface area contributed by atoms with Gasteiger partial charge in [-0.15, -0.1) is 11.3 Å². The van der Waals surface area contributed by atoms with Crippen LogP contribution in [0, 0.1) is 19.3 Å². The van der Waals surface area contributed by atoms with E-state index in [1.807, 2.05) is 67.4 Å². The number of hydrogen-bond donors (Lipinski definition) is 3. The molecule has 7 rings (SSSR count). The van der Waals surface area contributed by atoms with Gasteiger partial charge in [0.15, 0.2) is 0 Å². The van der Waals surface area contributed by atoms with Gasteiger partial charge in [-0.05, 0) is 98.3 Å². The SMILES string of the molecule is CCCC1(CCC)CN(c2ncc(C)cc2C(=O)Nc2ccc(C(=O)N3CCc4c(sc(C(=O)Nc5ccccc5N)c4C)-c4ccccc43)cc2)C1. The maximum Gasteiger partial charge on any atom is 0.266 e. The van der Waals surface area contributed by atoms with Crippen molar-refractivity contribution in [3.05, 3.63) is 118 Å². The van der Waals surface area contributed by atoms with Gasteiger partial charge in [0.1, 0.15) is 5.82 Å². The summed E-state index contributed by atoms with van der Waals surface area (Å²) in [6.45, 7) is 10.7. The minimum atomic E-state index is -0.220. The third-order valence-corrected chi connectivity index (χ3v) is 11.9. The number of carbonyl (C=O) groups is 3. The van der Waals surface area contributed by atoms with Crippen molar-refractivity contribution in [1.29, 1.82) is 0 Å². The molecule has 0 atom stereocenters. The Kier molecular flexibility index (Phi) is 10.1. The molecule has 3 amide bonds. The second-order valence-electron chi connectivity index (χ2n) is 14.4. The number of nitrogens with one attached hydrogen (secondary N) is 2. The van der Waals surface area contributed by atoms with E-state index in [2.05, 4.69) is 29.4 Å². The van der Waals surface area contributed by atoms with Gasteiger partial charge >= 0.3 is 0 Å². The molecule has 2 aliphatic rings. The number of pyridine rings is 1. The van der Waals surface area contributed by atoms with Crippen molar-refractivity contribution in [2.45, 2.75) is 59.8 Å². The Balaban J connectivity index is 1.08. The average Bonchev–Trinajstić information content (AvgIpc) is 3.37. The molecule has 0 saturated carbocycles. The smallest absolute Gasteiger partial charge is 0.266 e. The number of anilines is 5. The predicted octanol–water partition coefficient (Wildman–Crippen LogP) is 9.12. The van der Waals surface area contributed by atoms with Gasteiger partial charge in [-0.2, -0.15) is 0 Å². The molecule has 53 heavy (non-hydrogen) atoms. The second kappa shape index (κ2) is 14.9. The van der Waals surface area contributed by atoms with Gasteiger partial charge in [-0.3, -0.25) is 14.4 Å². The number of nitrogen functional groups attached to an aromatic ring is 1. The molecular weight excluding hydrogens is 681 g/mol. The van der Waals surface area contributed by atoms with Crippen molar-refractivity contribution in [2.24, 2.45) is 5.41 Å². The first-order valence-corrected chi connectivity index (χ1v) is 19.3. The third-order valence-electron chi connectivity index (χ3n) is 10.5. The van der Waals surface area contributed by atoms with E-state index in [9.17, 15) is 14.4 Å². The lowest BCUT2D eigenvalue weighted by atomic mass is 9.72. The largest absolute Gasteiger partial charge is 0.397 e. The Hall–Kier alpha value is -5.48. The number of rotatable bonds is 10. The molecule has 0 unspecified atom stereocenters. The Labute approximate surface area is 315 Å². The number of thiophene rings is 1. The van der Waals surface area contributed by atoms with Crippen LogP contribution in [0.5, 0.6) is 0 Å². The Morgan fingerprint density at radius 2 is 1.58 bits per heavy atom. The van der Waals surface area contributed by atoms with E-state index in [0.717, 1.165) is 64.6 Å². The molecule has 272 valence electrons. The molecule has 0 spiro atoms. The molecule has 3 aromatic carbocycles. The van der Waals surface area contributed by atoms with Gasteiger partial charge in [-0.25, -0.2) is 4.98 Å². The summed E-state index contributed by atoms with van der Waals surface area (Å²) in [5.74, 6) is 0.167. The minimum Gasteiger partial charge on any atom is -0.397 e. The first-order valence-electron chi connectivity index (χ1n) is 18.4. The minimum absolute atomic E-state index is 0.133. The first kappa shape index (κ1) is 35.9. The van der Waals surface area contributed by atoms with Gasteiger partial charge in [0.05, 0.1) is 27.5 Å². The Bertz CT molecular complexity index is 2180. The van der Waals surface area contributed by atoms with Crippen molar-refractivity contribution in [2.75, 3.05) is 45.8 Å². The maximum absolute atomic E-state index is 14.1. The zero-order valence-electron chi connectivity index (χ0n) is 30.8. The normalized spacial score (nSPS) is 14.4. The van der Waals surface area contributed by atoms with Crippen LogP contribution in [0.3, 0.4) is 0 Å². The molecule has 0 radical (unpaired) electrons. The fourth-order valence-electron chi connectivity index (χ4n) is 7.98. The molecule has 1 saturated heterocycles. The molecular formula is C43H46N6O3S. The molecule has 1 fully saturated rings. The van der Waals surface area contributed by atoms with E-state index < -0.39 is 0 Å². The molecule has 4 heterocycles. The summed E-state index contributed by atoms with van der Waals surface area (Å²) < 4.78 is 0. The highest BCUT2D eigenvalue weighted by Gasteiger charge is 2.43. The Morgan fingerprint density at radius 3 is 2.30 bits per heavy atom. The van der Waals surface area contributed by atoms with E-state index >= 15 is 0 Å². The van der Waals surface area contributed by atoms with Crippen molar-refractivity contribution >= 4 is 57.6 Å². The van der Waals surface area contributed by atoms with Gasteiger partial charge in [-0.1, -0.05) is 57.0 Å². The quantitative estimate of drug-likeness (QED) is 0.124. The number of hydrogen-bond acceptors (Lipinski definition) is 7. The van der Waals surface area contributed by atoms with Gasteiger partial charge in [0.25, 0.3) is 17.7 Å². The average molecular weight is 727 g/mol. The molecule has 0 bridgehead atoms. The number of nitrogens with two attached hydrogens (primary N) is 1. The summed E-state index contributed by atoms with van der Waals surface area (Å²) in [5, 5.41) is 6.02. The summed E-state index contributed by atoms with van der Waals surface area (Å²) in [7, 11) is 0. The van der Waals surface area contributed by atoms with E-state index in [4.69, 9.17) is 10.7 Å². The zero-order valence-corrected chi connectivity index (χ0v) is 31.6. The van der Waals surface area contributed by atoms with Crippen molar-refractivity contribution < 1.29 is 14.4 Å².